The first kappa shape index (κ1) is 44.4. The number of carbonyl (C=O) groups is 4. The largest absolute Gasteiger partial charge is 0.391 e. The maximum absolute atomic E-state index is 15.6. The van der Waals surface area contributed by atoms with Crippen molar-refractivity contribution < 1.29 is 29.4 Å². The van der Waals surface area contributed by atoms with E-state index in [9.17, 15) is 15.0 Å². The maximum atomic E-state index is 15.6. The number of Topliss-reactive ketones (excluding diaryl/α,β-unsaturated/α-hetero) is 3. The molecule has 0 spiro atoms. The Bertz CT molecular complexity index is 1980. The number of aromatic amines is 1. The topological polar surface area (TPSA) is 253 Å². The number of H-pyrrole nitrogens is 1. The van der Waals surface area contributed by atoms with E-state index in [1.807, 2.05) is 13.8 Å². The van der Waals surface area contributed by atoms with Gasteiger partial charge in [0.25, 0.3) is 0 Å². The molecular formula is C44H60N8O6. The number of aliphatic hydroxyl groups excluding tert-OH is 2. The number of amides is 1. The van der Waals surface area contributed by atoms with Gasteiger partial charge in [0.2, 0.25) is 5.91 Å². The lowest BCUT2D eigenvalue weighted by atomic mass is 9.57. The summed E-state index contributed by atoms with van der Waals surface area (Å²) >= 11 is 0. The molecule has 1 aliphatic carbocycles. The van der Waals surface area contributed by atoms with Crippen molar-refractivity contribution in [2.45, 2.75) is 115 Å². The Kier molecular flexibility index (Phi) is 15.2. The Morgan fingerprint density at radius 2 is 1.62 bits per heavy atom. The van der Waals surface area contributed by atoms with Gasteiger partial charge in [0.05, 0.1) is 47.3 Å². The second-order valence-corrected chi connectivity index (χ2v) is 16.3. The zero-order chi connectivity index (χ0) is 42.1. The molecule has 9 atom stereocenters. The number of nitrogens with one attached hydrogen (secondary N) is 2. The van der Waals surface area contributed by atoms with Crippen LogP contribution in [0.1, 0.15) is 102 Å². The van der Waals surface area contributed by atoms with E-state index < -0.39 is 76.9 Å². The van der Waals surface area contributed by atoms with Crippen LogP contribution in [0.15, 0.2) is 73.4 Å². The number of ketones is 3. The van der Waals surface area contributed by atoms with Crippen molar-refractivity contribution in [3.8, 4) is 0 Å². The van der Waals surface area contributed by atoms with Gasteiger partial charge in [-0.05, 0) is 54.0 Å². The first-order valence-electron chi connectivity index (χ1n) is 20.5. The second kappa shape index (κ2) is 19.8. The molecule has 10 N–H and O–H groups in total. The van der Waals surface area contributed by atoms with Crippen LogP contribution in [0.3, 0.4) is 0 Å². The lowest BCUT2D eigenvalue weighted by molar-refractivity contribution is -0.166. The highest BCUT2D eigenvalue weighted by Crippen LogP contribution is 2.45. The van der Waals surface area contributed by atoms with Gasteiger partial charge in [-0.25, -0.2) is 4.98 Å². The Morgan fingerprint density at radius 1 is 0.897 bits per heavy atom. The molecular weight excluding hydrogens is 737 g/mol. The SMILES string of the molecule is CC[C@H](C)[C@H](N)C(=O)C(NC(=O)[C@@](C(=O)[C@@H](N)Cc1c[nH]cn1)(C(C)C)C(C(=O)C(O)c1cccc2ncccc12)[C@H](O)[C@@H](N)CC1CCCCC1)c1ccccn1. The molecule has 0 aliphatic heterocycles. The monoisotopic (exact) mass is 796 g/mol. The first-order chi connectivity index (χ1) is 27.7. The summed E-state index contributed by atoms with van der Waals surface area (Å²) in [7, 11) is 0. The summed E-state index contributed by atoms with van der Waals surface area (Å²) in [6.45, 7) is 6.86. The van der Waals surface area contributed by atoms with E-state index in [2.05, 4.69) is 25.3 Å². The lowest BCUT2D eigenvalue weighted by Gasteiger charge is -2.46. The molecule has 0 saturated heterocycles. The Balaban J connectivity index is 1.73. The number of benzene rings is 1. The smallest absolute Gasteiger partial charge is 0.235 e. The average molecular weight is 797 g/mol. The van der Waals surface area contributed by atoms with E-state index in [0.717, 1.165) is 32.1 Å². The predicted octanol–water partition coefficient (Wildman–Crippen LogP) is 3.81. The van der Waals surface area contributed by atoms with Crippen LogP contribution in [0.4, 0.5) is 0 Å². The maximum Gasteiger partial charge on any atom is 0.235 e. The van der Waals surface area contributed by atoms with Crippen LogP contribution in [0.2, 0.25) is 0 Å². The fourth-order valence-electron chi connectivity index (χ4n) is 8.70. The van der Waals surface area contributed by atoms with Gasteiger partial charge >= 0.3 is 0 Å². The zero-order valence-electron chi connectivity index (χ0n) is 34.0. The first-order valence-corrected chi connectivity index (χ1v) is 20.5. The minimum Gasteiger partial charge on any atom is -0.391 e. The van der Waals surface area contributed by atoms with Gasteiger partial charge < -0.3 is 37.7 Å². The van der Waals surface area contributed by atoms with E-state index in [-0.39, 0.29) is 29.5 Å². The van der Waals surface area contributed by atoms with Crippen LogP contribution < -0.4 is 22.5 Å². The molecule has 1 amide bonds. The van der Waals surface area contributed by atoms with Crippen molar-refractivity contribution >= 4 is 34.2 Å². The summed E-state index contributed by atoms with van der Waals surface area (Å²) in [5.74, 6) is -6.68. The standard InChI is InChI=1S/C44H60N8O6/c1-5-26(4)36(47)41(56)37(34-17-9-10-19-50-34)52-43(58)44(25(2)3,42(57)32(46)22-28-23-48-24-51-28)35(39(54)31(45)21-27-13-7-6-8-14-27)40(55)38(53)30-15-11-18-33-29(30)16-12-20-49-33/h9-12,15-20,23-27,31-32,35-39,53-54H,5-8,13-14,21-22,45-47H2,1-4H3,(H,48,51)(H,52,58)/t26-,31-,32-,35?,36-,37?,38?,39+,44-/m0/s1. The van der Waals surface area contributed by atoms with Gasteiger partial charge in [-0.3, -0.25) is 29.1 Å². The van der Waals surface area contributed by atoms with Crippen molar-refractivity contribution in [1.29, 1.82) is 0 Å². The van der Waals surface area contributed by atoms with Crippen molar-refractivity contribution in [2.24, 2.45) is 46.3 Å². The van der Waals surface area contributed by atoms with Crippen LogP contribution in [0.5, 0.6) is 0 Å². The molecule has 58 heavy (non-hydrogen) atoms. The molecule has 1 aromatic carbocycles. The molecule has 0 radical (unpaired) electrons. The number of aliphatic hydroxyl groups is 2. The number of rotatable bonds is 20. The number of hydrogen-bond donors (Lipinski definition) is 7. The average Bonchev–Trinajstić information content (AvgIpc) is 3.76. The van der Waals surface area contributed by atoms with E-state index in [1.54, 1.807) is 74.8 Å². The van der Waals surface area contributed by atoms with Gasteiger partial charge in [-0.2, -0.15) is 0 Å². The molecule has 3 aromatic heterocycles. The third-order valence-corrected chi connectivity index (χ3v) is 12.3. The molecule has 312 valence electrons. The van der Waals surface area contributed by atoms with Crippen LogP contribution in [-0.2, 0) is 25.6 Å². The normalized spacial score (nSPS) is 18.9. The molecule has 1 aliphatic rings. The number of imidazole rings is 1. The highest BCUT2D eigenvalue weighted by Gasteiger charge is 2.62. The summed E-state index contributed by atoms with van der Waals surface area (Å²) < 4.78 is 0. The highest BCUT2D eigenvalue weighted by molar-refractivity contribution is 6.14. The van der Waals surface area contributed by atoms with Crippen molar-refractivity contribution in [2.75, 3.05) is 0 Å². The van der Waals surface area contributed by atoms with Crippen molar-refractivity contribution in [3.63, 3.8) is 0 Å². The summed E-state index contributed by atoms with van der Waals surface area (Å²) in [4.78, 5) is 76.6. The molecule has 3 unspecified atom stereocenters. The Hall–Kier alpha value is -4.73. The molecule has 14 nitrogen and oxygen atoms in total. The quantitative estimate of drug-likeness (QED) is 0.0631. The van der Waals surface area contributed by atoms with Gasteiger partial charge in [-0.15, -0.1) is 0 Å². The van der Waals surface area contributed by atoms with Crippen molar-refractivity contribution in [3.05, 3.63) is 90.4 Å². The summed E-state index contributed by atoms with van der Waals surface area (Å²) in [5, 5.41) is 28.0. The predicted molar refractivity (Wildman–Crippen MR) is 220 cm³/mol. The summed E-state index contributed by atoms with van der Waals surface area (Å²) in [5.41, 5.74) is 18.8. The van der Waals surface area contributed by atoms with Crippen molar-refractivity contribution in [1.82, 2.24) is 25.3 Å². The number of nitrogens with zero attached hydrogens (tertiary/aromatic N) is 3. The number of aromatic nitrogens is 4. The van der Waals surface area contributed by atoms with E-state index in [0.29, 0.717) is 29.4 Å². The van der Waals surface area contributed by atoms with Gasteiger partial charge in [0, 0.05) is 36.4 Å². The fraction of sp³-hybridized carbons (Fsp3) is 0.523. The number of nitrogens with two attached hydrogens (primary N) is 3. The summed E-state index contributed by atoms with van der Waals surface area (Å²) in [6, 6.07) is 8.15. The Labute approximate surface area is 340 Å². The molecule has 1 fully saturated rings. The third kappa shape index (κ3) is 9.42. The number of hydrogen-bond acceptors (Lipinski definition) is 12. The molecule has 3 heterocycles. The number of fused-ring (bicyclic) bond motifs is 1. The van der Waals surface area contributed by atoms with E-state index in [1.165, 1.54) is 12.5 Å². The Morgan fingerprint density at radius 3 is 2.26 bits per heavy atom. The van der Waals surface area contributed by atoms with Crippen LogP contribution >= 0.6 is 0 Å². The number of pyridine rings is 2. The minimum absolute atomic E-state index is 0.131. The summed E-state index contributed by atoms with van der Waals surface area (Å²) in [6.07, 6.45) is 7.82. The molecule has 0 bridgehead atoms. The zero-order valence-corrected chi connectivity index (χ0v) is 34.0. The molecule has 1 saturated carbocycles. The van der Waals surface area contributed by atoms with E-state index >= 15 is 14.4 Å². The lowest BCUT2D eigenvalue weighted by Crippen LogP contribution is -2.66. The fourth-order valence-corrected chi connectivity index (χ4v) is 8.70. The van der Waals surface area contributed by atoms with Gasteiger partial charge in [0.1, 0.15) is 17.6 Å². The third-order valence-electron chi connectivity index (χ3n) is 12.3. The minimum atomic E-state index is -2.51. The van der Waals surface area contributed by atoms with E-state index in [4.69, 9.17) is 17.2 Å². The molecule has 4 aromatic rings. The van der Waals surface area contributed by atoms with Gasteiger partial charge in [0.15, 0.2) is 17.3 Å². The molecule has 14 heteroatoms. The van der Waals surface area contributed by atoms with Gasteiger partial charge in [-0.1, -0.05) is 90.5 Å². The highest BCUT2D eigenvalue weighted by atomic mass is 16.3. The van der Waals surface area contributed by atoms with Crippen LogP contribution in [-0.4, -0.2) is 77.6 Å². The van der Waals surface area contributed by atoms with Crippen LogP contribution in [0.25, 0.3) is 10.9 Å². The number of carbonyl (C=O) groups excluding carboxylic acids is 4. The second-order valence-electron chi connectivity index (χ2n) is 16.3. The van der Waals surface area contributed by atoms with Crippen LogP contribution in [0, 0.1) is 29.1 Å². The molecule has 5 rings (SSSR count).